The van der Waals surface area contributed by atoms with Gasteiger partial charge in [0.1, 0.15) is 0 Å². The number of aliphatic hydroxyl groups excluding tert-OH is 2. The van der Waals surface area contributed by atoms with E-state index in [-0.39, 0.29) is 12.5 Å². The molecule has 1 aliphatic heterocycles. The Hall–Kier alpha value is -1.36. The lowest BCUT2D eigenvalue weighted by molar-refractivity contribution is 0.0377. The van der Waals surface area contributed by atoms with Crippen molar-refractivity contribution in [3.05, 3.63) is 35.5 Å². The van der Waals surface area contributed by atoms with Gasteiger partial charge in [-0.3, -0.25) is 4.98 Å². The van der Waals surface area contributed by atoms with Gasteiger partial charge >= 0.3 is 0 Å². The van der Waals surface area contributed by atoms with Crippen molar-refractivity contribution in [1.29, 1.82) is 0 Å². The van der Waals surface area contributed by atoms with Gasteiger partial charge in [0.15, 0.2) is 0 Å². The highest BCUT2D eigenvalue weighted by molar-refractivity contribution is 6.31. The quantitative estimate of drug-likeness (QED) is 0.914. The molecule has 2 heterocycles. The van der Waals surface area contributed by atoms with Crippen LogP contribution in [-0.2, 0) is 0 Å². The number of anilines is 1. The highest BCUT2D eigenvalue weighted by Gasteiger charge is 2.25. The molecule has 3 rings (SSSR count). The van der Waals surface area contributed by atoms with Gasteiger partial charge in [-0.05, 0) is 43.0 Å². The molecule has 1 aromatic heterocycles. The summed E-state index contributed by atoms with van der Waals surface area (Å²) < 4.78 is 0. The molecule has 1 atom stereocenters. The topological polar surface area (TPSA) is 56.6 Å². The Labute approximate surface area is 129 Å². The average molecular weight is 307 g/mol. The Morgan fingerprint density at radius 1 is 1.29 bits per heavy atom. The van der Waals surface area contributed by atoms with Crippen LogP contribution in [0, 0.1) is 5.92 Å². The number of fused-ring (bicyclic) bond motifs is 1. The molecule has 0 amide bonds. The van der Waals surface area contributed by atoms with E-state index in [0.717, 1.165) is 42.5 Å². The number of aliphatic hydroxyl groups is 2. The first-order valence-electron chi connectivity index (χ1n) is 7.27. The average Bonchev–Trinajstić information content (AvgIpc) is 2.53. The number of hydrogen-bond donors (Lipinski definition) is 2. The van der Waals surface area contributed by atoms with E-state index in [1.54, 1.807) is 0 Å². The van der Waals surface area contributed by atoms with Crippen LogP contribution in [0.2, 0.25) is 5.02 Å². The van der Waals surface area contributed by atoms with Gasteiger partial charge in [0.2, 0.25) is 0 Å². The van der Waals surface area contributed by atoms with Crippen molar-refractivity contribution in [3.63, 3.8) is 0 Å². The van der Waals surface area contributed by atoms with Crippen LogP contribution in [0.3, 0.4) is 0 Å². The third-order valence-corrected chi connectivity index (χ3v) is 4.53. The fraction of sp³-hybridized carbons (Fsp3) is 0.438. The van der Waals surface area contributed by atoms with Gasteiger partial charge in [0, 0.05) is 35.4 Å². The van der Waals surface area contributed by atoms with Crippen molar-refractivity contribution in [2.45, 2.75) is 18.9 Å². The summed E-state index contributed by atoms with van der Waals surface area (Å²) in [4.78, 5) is 6.69. The van der Waals surface area contributed by atoms with Gasteiger partial charge in [-0.1, -0.05) is 11.6 Å². The van der Waals surface area contributed by atoms with Crippen LogP contribution in [-0.4, -0.2) is 41.0 Å². The number of benzene rings is 1. The first kappa shape index (κ1) is 14.6. The zero-order valence-corrected chi connectivity index (χ0v) is 12.5. The number of hydrogen-bond acceptors (Lipinski definition) is 4. The fourth-order valence-electron chi connectivity index (χ4n) is 3.06. The lowest BCUT2D eigenvalue weighted by Crippen LogP contribution is -2.39. The monoisotopic (exact) mass is 306 g/mol. The lowest BCUT2D eigenvalue weighted by atomic mass is 9.91. The molecular formula is C16H19ClN2O2. The molecule has 1 aromatic carbocycles. The summed E-state index contributed by atoms with van der Waals surface area (Å²) in [5.41, 5.74) is 2.06. The summed E-state index contributed by atoms with van der Waals surface area (Å²) in [5, 5.41) is 20.6. The molecule has 1 aliphatic rings. The highest BCUT2D eigenvalue weighted by Crippen LogP contribution is 2.31. The Balaban J connectivity index is 1.82. The van der Waals surface area contributed by atoms with Crippen molar-refractivity contribution < 1.29 is 10.2 Å². The van der Waals surface area contributed by atoms with Crippen molar-refractivity contribution >= 4 is 28.2 Å². The van der Waals surface area contributed by atoms with E-state index in [0.29, 0.717) is 5.02 Å². The summed E-state index contributed by atoms with van der Waals surface area (Å²) in [6.45, 7) is 1.61. The van der Waals surface area contributed by atoms with Crippen LogP contribution in [0.15, 0.2) is 30.5 Å². The van der Waals surface area contributed by atoms with Crippen LogP contribution >= 0.6 is 11.6 Å². The first-order chi connectivity index (χ1) is 10.2. The number of piperidine rings is 1. The van der Waals surface area contributed by atoms with E-state index in [9.17, 15) is 5.11 Å². The molecule has 0 spiro atoms. The van der Waals surface area contributed by atoms with Crippen LogP contribution in [0.25, 0.3) is 10.9 Å². The van der Waals surface area contributed by atoms with Crippen LogP contribution in [0.5, 0.6) is 0 Å². The minimum Gasteiger partial charge on any atom is -0.394 e. The SMILES string of the molecule is OCC(O)C1CCN(c2ccnc3cc(Cl)ccc23)CC1. The maximum Gasteiger partial charge on any atom is 0.0800 e. The molecular weight excluding hydrogens is 288 g/mol. The minimum atomic E-state index is -0.597. The Morgan fingerprint density at radius 2 is 2.05 bits per heavy atom. The van der Waals surface area contributed by atoms with Crippen LogP contribution in [0.1, 0.15) is 12.8 Å². The van der Waals surface area contributed by atoms with Gasteiger partial charge in [-0.15, -0.1) is 0 Å². The van der Waals surface area contributed by atoms with Gasteiger partial charge in [-0.25, -0.2) is 0 Å². The number of pyridine rings is 1. The van der Waals surface area contributed by atoms with Gasteiger partial charge in [-0.2, -0.15) is 0 Å². The summed E-state index contributed by atoms with van der Waals surface area (Å²) in [6.07, 6.45) is 2.99. The number of aromatic nitrogens is 1. The van der Waals surface area contributed by atoms with E-state index >= 15 is 0 Å². The Kier molecular flexibility index (Phi) is 4.29. The lowest BCUT2D eigenvalue weighted by Gasteiger charge is -2.35. The molecule has 1 unspecified atom stereocenters. The van der Waals surface area contributed by atoms with E-state index in [1.807, 2.05) is 30.5 Å². The molecule has 0 aliphatic carbocycles. The van der Waals surface area contributed by atoms with E-state index in [2.05, 4.69) is 9.88 Å². The molecule has 2 aromatic rings. The molecule has 4 nitrogen and oxygen atoms in total. The smallest absolute Gasteiger partial charge is 0.0800 e. The highest BCUT2D eigenvalue weighted by atomic mass is 35.5. The summed E-state index contributed by atoms with van der Waals surface area (Å²) >= 11 is 6.02. The molecule has 2 N–H and O–H groups in total. The summed E-state index contributed by atoms with van der Waals surface area (Å²) in [7, 11) is 0. The normalized spacial score (nSPS) is 18.1. The molecule has 5 heteroatoms. The van der Waals surface area contributed by atoms with E-state index < -0.39 is 6.10 Å². The van der Waals surface area contributed by atoms with Gasteiger partial charge in [0.05, 0.1) is 18.2 Å². The summed E-state index contributed by atoms with van der Waals surface area (Å²) in [6, 6.07) is 7.80. The molecule has 112 valence electrons. The largest absolute Gasteiger partial charge is 0.394 e. The van der Waals surface area contributed by atoms with Crippen molar-refractivity contribution in [1.82, 2.24) is 4.98 Å². The molecule has 0 bridgehead atoms. The van der Waals surface area contributed by atoms with E-state index in [1.165, 1.54) is 0 Å². The van der Waals surface area contributed by atoms with Crippen molar-refractivity contribution in [2.24, 2.45) is 5.92 Å². The van der Waals surface area contributed by atoms with Crippen molar-refractivity contribution in [3.8, 4) is 0 Å². The molecule has 1 saturated heterocycles. The third kappa shape index (κ3) is 2.98. The third-order valence-electron chi connectivity index (χ3n) is 4.29. The minimum absolute atomic E-state index is 0.151. The second-order valence-electron chi connectivity index (χ2n) is 5.57. The van der Waals surface area contributed by atoms with Crippen LogP contribution in [0.4, 0.5) is 5.69 Å². The number of rotatable bonds is 3. The maximum atomic E-state index is 9.75. The second kappa shape index (κ2) is 6.18. The standard InChI is InChI=1S/C16H19ClN2O2/c17-12-1-2-13-14(9-12)18-6-3-15(13)19-7-4-11(5-8-19)16(21)10-20/h1-3,6,9,11,16,20-21H,4-5,7-8,10H2. The fourth-order valence-corrected chi connectivity index (χ4v) is 3.22. The number of nitrogens with zero attached hydrogens (tertiary/aromatic N) is 2. The van der Waals surface area contributed by atoms with Crippen molar-refractivity contribution in [2.75, 3.05) is 24.6 Å². The Bertz CT molecular complexity index is 627. The van der Waals surface area contributed by atoms with Gasteiger partial charge in [0.25, 0.3) is 0 Å². The van der Waals surface area contributed by atoms with E-state index in [4.69, 9.17) is 16.7 Å². The number of halogens is 1. The molecule has 0 radical (unpaired) electrons. The molecule has 0 saturated carbocycles. The second-order valence-corrected chi connectivity index (χ2v) is 6.00. The molecule has 21 heavy (non-hydrogen) atoms. The predicted molar refractivity (Wildman–Crippen MR) is 84.8 cm³/mol. The maximum absolute atomic E-state index is 9.75. The van der Waals surface area contributed by atoms with Gasteiger partial charge < -0.3 is 15.1 Å². The van der Waals surface area contributed by atoms with Crippen LogP contribution < -0.4 is 4.90 Å². The first-order valence-corrected chi connectivity index (χ1v) is 7.65. The zero-order valence-electron chi connectivity index (χ0n) is 11.7. The zero-order chi connectivity index (χ0) is 14.8. The summed E-state index contributed by atoms with van der Waals surface area (Å²) in [5.74, 6) is 0.189. The Morgan fingerprint density at radius 3 is 2.76 bits per heavy atom. The predicted octanol–water partition coefficient (Wildman–Crippen LogP) is 2.46. The molecule has 1 fully saturated rings.